The Morgan fingerprint density at radius 2 is 1.96 bits per heavy atom. The minimum atomic E-state index is -0.572. The fourth-order valence-corrected chi connectivity index (χ4v) is 2.67. The van der Waals surface area contributed by atoms with E-state index in [1.165, 1.54) is 10.6 Å². The van der Waals surface area contributed by atoms with E-state index in [-0.39, 0.29) is 16.6 Å². The molecule has 0 bridgehead atoms. The predicted molar refractivity (Wildman–Crippen MR) is 96.4 cm³/mol. The molecule has 128 valence electrons. The monoisotopic (exact) mass is 358 g/mol. The zero-order chi connectivity index (χ0) is 18.1. The number of rotatable bonds is 3. The summed E-state index contributed by atoms with van der Waals surface area (Å²) < 4.78 is 1.35. The highest BCUT2D eigenvalue weighted by Gasteiger charge is 2.16. The Balaban J connectivity index is 2.09. The van der Waals surface area contributed by atoms with E-state index in [2.05, 4.69) is 15.3 Å². The number of anilines is 1. The fraction of sp³-hybridized carbons (Fsp3) is 0.176. The summed E-state index contributed by atoms with van der Waals surface area (Å²) in [7, 11) is 0. The number of pyridine rings is 1. The van der Waals surface area contributed by atoms with Gasteiger partial charge >= 0.3 is 5.69 Å². The van der Waals surface area contributed by atoms with Crippen molar-refractivity contribution in [3.63, 3.8) is 0 Å². The average molecular weight is 359 g/mol. The van der Waals surface area contributed by atoms with Gasteiger partial charge in [0.05, 0.1) is 16.6 Å². The summed E-state index contributed by atoms with van der Waals surface area (Å²) in [5, 5.41) is 3.48. The molecule has 0 radical (unpaired) electrons. The maximum atomic E-state index is 12.5. The summed E-state index contributed by atoms with van der Waals surface area (Å²) in [6, 6.07) is 8.12. The molecule has 1 aromatic carbocycles. The lowest BCUT2D eigenvalue weighted by Gasteiger charge is -2.11. The van der Waals surface area contributed by atoms with Gasteiger partial charge in [0.2, 0.25) is 0 Å². The Morgan fingerprint density at radius 3 is 2.60 bits per heavy atom. The van der Waals surface area contributed by atoms with Crippen molar-refractivity contribution in [2.75, 3.05) is 5.32 Å². The topological polar surface area (TPSA) is 96.9 Å². The van der Waals surface area contributed by atoms with Crippen LogP contribution in [0.1, 0.15) is 23.0 Å². The normalized spacial score (nSPS) is 10.8. The van der Waals surface area contributed by atoms with E-state index in [1.54, 1.807) is 38.1 Å². The maximum absolute atomic E-state index is 12.5. The molecule has 3 aromatic rings. The Kier molecular flexibility index (Phi) is 4.41. The molecule has 2 aromatic heterocycles. The number of hydrogen-bond donors (Lipinski definition) is 2. The van der Waals surface area contributed by atoms with Crippen molar-refractivity contribution in [2.24, 2.45) is 0 Å². The van der Waals surface area contributed by atoms with Gasteiger partial charge in [-0.15, -0.1) is 0 Å². The quantitative estimate of drug-likeness (QED) is 0.750. The van der Waals surface area contributed by atoms with Crippen LogP contribution in [0.4, 0.5) is 5.69 Å². The van der Waals surface area contributed by atoms with Crippen LogP contribution in [0.5, 0.6) is 0 Å². The van der Waals surface area contributed by atoms with Crippen molar-refractivity contribution in [1.29, 1.82) is 0 Å². The number of aryl methyl sites for hydroxylation is 2. The molecule has 8 heteroatoms. The zero-order valence-corrected chi connectivity index (χ0v) is 14.3. The van der Waals surface area contributed by atoms with Crippen LogP contribution in [0, 0.1) is 6.92 Å². The van der Waals surface area contributed by atoms with Gasteiger partial charge in [0.15, 0.2) is 0 Å². The first-order chi connectivity index (χ1) is 11.9. The highest BCUT2D eigenvalue weighted by molar-refractivity contribution is 6.30. The van der Waals surface area contributed by atoms with Crippen LogP contribution < -0.4 is 16.6 Å². The van der Waals surface area contributed by atoms with E-state index >= 15 is 0 Å². The SMILES string of the molecule is CCn1c(=O)[nH]c(=O)c2cc(C(=O)Nc3ccc(Cl)cc3)c(C)nc21. The number of carbonyl (C=O) groups excluding carboxylic acids is 1. The number of benzene rings is 1. The second-order valence-corrected chi connectivity index (χ2v) is 5.89. The molecule has 0 aliphatic rings. The van der Waals surface area contributed by atoms with Gasteiger partial charge < -0.3 is 5.32 Å². The van der Waals surface area contributed by atoms with Crippen molar-refractivity contribution in [1.82, 2.24) is 14.5 Å². The number of fused-ring (bicyclic) bond motifs is 1. The Morgan fingerprint density at radius 1 is 1.28 bits per heavy atom. The Hall–Kier alpha value is -2.93. The molecular weight excluding hydrogens is 344 g/mol. The molecule has 0 aliphatic carbocycles. The van der Waals surface area contributed by atoms with Crippen LogP contribution in [-0.2, 0) is 6.54 Å². The van der Waals surface area contributed by atoms with Crippen molar-refractivity contribution in [3.05, 3.63) is 67.4 Å². The third kappa shape index (κ3) is 3.18. The number of aromatic nitrogens is 3. The summed E-state index contributed by atoms with van der Waals surface area (Å²) in [4.78, 5) is 43.0. The molecular formula is C17H15ClN4O3. The molecule has 0 spiro atoms. The average Bonchev–Trinajstić information content (AvgIpc) is 2.56. The van der Waals surface area contributed by atoms with Gasteiger partial charge in [0.25, 0.3) is 11.5 Å². The molecule has 0 saturated heterocycles. The molecule has 2 N–H and O–H groups in total. The highest BCUT2D eigenvalue weighted by Crippen LogP contribution is 2.17. The van der Waals surface area contributed by atoms with Gasteiger partial charge in [-0.3, -0.25) is 19.1 Å². The molecule has 2 heterocycles. The number of amides is 1. The van der Waals surface area contributed by atoms with E-state index in [9.17, 15) is 14.4 Å². The minimum Gasteiger partial charge on any atom is -0.322 e. The van der Waals surface area contributed by atoms with Gasteiger partial charge in [-0.05, 0) is 44.2 Å². The molecule has 0 atom stereocenters. The lowest BCUT2D eigenvalue weighted by molar-refractivity contribution is 0.102. The summed E-state index contributed by atoms with van der Waals surface area (Å²) in [5.74, 6) is -0.400. The summed E-state index contributed by atoms with van der Waals surface area (Å²) >= 11 is 5.83. The lowest BCUT2D eigenvalue weighted by atomic mass is 10.1. The van der Waals surface area contributed by atoms with Crippen LogP contribution in [0.25, 0.3) is 11.0 Å². The number of nitrogens with one attached hydrogen (secondary N) is 2. The van der Waals surface area contributed by atoms with E-state index in [0.29, 0.717) is 22.9 Å². The van der Waals surface area contributed by atoms with Crippen LogP contribution in [0.3, 0.4) is 0 Å². The second kappa shape index (κ2) is 6.52. The largest absolute Gasteiger partial charge is 0.329 e. The fourth-order valence-electron chi connectivity index (χ4n) is 2.55. The molecule has 7 nitrogen and oxygen atoms in total. The Bertz CT molecular complexity index is 1080. The van der Waals surface area contributed by atoms with E-state index in [0.717, 1.165) is 0 Å². The van der Waals surface area contributed by atoms with Crippen LogP contribution in [0.15, 0.2) is 39.9 Å². The smallest absolute Gasteiger partial charge is 0.322 e. The highest BCUT2D eigenvalue weighted by atomic mass is 35.5. The number of H-pyrrole nitrogens is 1. The van der Waals surface area contributed by atoms with E-state index in [4.69, 9.17) is 11.6 Å². The summed E-state index contributed by atoms with van der Waals surface area (Å²) in [6.45, 7) is 3.79. The van der Waals surface area contributed by atoms with Crippen LogP contribution in [0.2, 0.25) is 5.02 Å². The molecule has 0 unspecified atom stereocenters. The molecule has 1 amide bonds. The van der Waals surface area contributed by atoms with Crippen LogP contribution in [-0.4, -0.2) is 20.4 Å². The van der Waals surface area contributed by atoms with Crippen LogP contribution >= 0.6 is 11.6 Å². The van der Waals surface area contributed by atoms with Crippen molar-refractivity contribution >= 4 is 34.2 Å². The number of carbonyl (C=O) groups is 1. The first kappa shape index (κ1) is 16.9. The van der Waals surface area contributed by atoms with Crippen molar-refractivity contribution < 1.29 is 4.79 Å². The van der Waals surface area contributed by atoms with Gasteiger partial charge in [0, 0.05) is 17.3 Å². The van der Waals surface area contributed by atoms with E-state index < -0.39 is 17.2 Å². The minimum absolute atomic E-state index is 0.188. The third-order valence-electron chi connectivity index (χ3n) is 3.82. The van der Waals surface area contributed by atoms with Crippen molar-refractivity contribution in [3.8, 4) is 0 Å². The zero-order valence-electron chi connectivity index (χ0n) is 13.6. The molecule has 3 rings (SSSR count). The number of nitrogens with zero attached hydrogens (tertiary/aromatic N) is 2. The molecule has 0 fully saturated rings. The number of hydrogen-bond acceptors (Lipinski definition) is 4. The van der Waals surface area contributed by atoms with Gasteiger partial charge in [-0.2, -0.15) is 0 Å². The summed E-state index contributed by atoms with van der Waals surface area (Å²) in [5.41, 5.74) is 0.418. The first-order valence-electron chi connectivity index (χ1n) is 7.62. The number of halogens is 1. The third-order valence-corrected chi connectivity index (χ3v) is 4.07. The molecule has 0 saturated carbocycles. The molecule has 25 heavy (non-hydrogen) atoms. The van der Waals surface area contributed by atoms with Gasteiger partial charge in [0.1, 0.15) is 5.65 Å². The number of aromatic amines is 1. The van der Waals surface area contributed by atoms with Gasteiger partial charge in [-0.25, -0.2) is 9.78 Å². The Labute approximate surface area is 147 Å². The summed E-state index contributed by atoms with van der Waals surface area (Å²) in [6.07, 6.45) is 0. The lowest BCUT2D eigenvalue weighted by Crippen LogP contribution is -2.31. The predicted octanol–water partition coefficient (Wildman–Crippen LogP) is 2.32. The standard InChI is InChI=1S/C17H15ClN4O3/c1-3-22-14-13(16(24)21-17(22)25)8-12(9(2)19-14)15(23)20-11-6-4-10(18)5-7-11/h4-8H,3H2,1-2H3,(H,20,23)(H,21,24,25). The first-order valence-corrected chi connectivity index (χ1v) is 8.00. The molecule has 0 aliphatic heterocycles. The maximum Gasteiger partial charge on any atom is 0.329 e. The van der Waals surface area contributed by atoms with Gasteiger partial charge in [-0.1, -0.05) is 11.6 Å². The van der Waals surface area contributed by atoms with E-state index in [1.807, 2.05) is 0 Å². The van der Waals surface area contributed by atoms with Crippen molar-refractivity contribution in [2.45, 2.75) is 20.4 Å². The second-order valence-electron chi connectivity index (χ2n) is 5.46.